The number of amides is 1. The molecule has 33 heavy (non-hydrogen) atoms. The third-order valence-electron chi connectivity index (χ3n) is 4.45. The summed E-state index contributed by atoms with van der Waals surface area (Å²) in [7, 11) is 0. The minimum atomic E-state index is -0.314. The number of rotatable bonds is 5. The van der Waals surface area contributed by atoms with Crippen LogP contribution in [0.3, 0.4) is 0 Å². The van der Waals surface area contributed by atoms with Crippen LogP contribution in [0.2, 0.25) is 10.0 Å². The van der Waals surface area contributed by atoms with Gasteiger partial charge in [0.25, 0.3) is 5.91 Å². The fourth-order valence-electron chi connectivity index (χ4n) is 2.89. The molecule has 1 aliphatic rings. The van der Waals surface area contributed by atoms with Crippen LogP contribution in [0, 0.1) is 9.39 Å². The number of halogens is 5. The summed E-state index contributed by atoms with van der Waals surface area (Å²) in [4.78, 5) is 17.3. The van der Waals surface area contributed by atoms with Gasteiger partial charge in [0, 0.05) is 5.56 Å². The number of nitrogens with one attached hydrogen (secondary N) is 1. The third-order valence-corrected chi connectivity index (χ3v) is 7.56. The zero-order valence-electron chi connectivity index (χ0n) is 16.5. The van der Waals surface area contributed by atoms with Crippen molar-refractivity contribution < 1.29 is 13.9 Å². The molecule has 0 saturated carbocycles. The van der Waals surface area contributed by atoms with E-state index in [-0.39, 0.29) is 18.3 Å². The normalized spacial score (nSPS) is 15.8. The number of amidine groups is 1. The Bertz CT molecular complexity index is 1300. The highest BCUT2D eigenvalue weighted by molar-refractivity contribution is 14.1. The highest BCUT2D eigenvalue weighted by atomic mass is 127. The number of ether oxygens (including phenoxy) is 1. The third kappa shape index (κ3) is 5.92. The summed E-state index contributed by atoms with van der Waals surface area (Å²) in [5.74, 6) is 0.0241. The maximum Gasteiger partial charge on any atom is 0.264 e. The molecule has 1 fully saturated rings. The summed E-state index contributed by atoms with van der Waals surface area (Å²) >= 11 is 19.1. The van der Waals surface area contributed by atoms with E-state index in [4.69, 9.17) is 27.9 Å². The van der Waals surface area contributed by atoms with Crippen LogP contribution in [0.15, 0.2) is 69.0 Å². The predicted molar refractivity (Wildman–Crippen MR) is 145 cm³/mol. The molecule has 1 saturated heterocycles. The lowest BCUT2D eigenvalue weighted by molar-refractivity contribution is -0.115. The molecule has 0 spiro atoms. The molecular formula is C23H13BrCl2FIN2O2S. The van der Waals surface area contributed by atoms with E-state index in [0.717, 1.165) is 9.13 Å². The van der Waals surface area contributed by atoms with Crippen molar-refractivity contribution in [2.45, 2.75) is 6.61 Å². The minimum absolute atomic E-state index is 0.103. The van der Waals surface area contributed by atoms with Gasteiger partial charge in [-0.2, -0.15) is 0 Å². The first kappa shape index (κ1) is 24.5. The fraction of sp³-hybridized carbons (Fsp3) is 0.0435. The zero-order chi connectivity index (χ0) is 23.5. The molecule has 1 heterocycles. The Morgan fingerprint density at radius 2 is 1.97 bits per heavy atom. The second-order valence-electron chi connectivity index (χ2n) is 6.75. The van der Waals surface area contributed by atoms with E-state index >= 15 is 0 Å². The van der Waals surface area contributed by atoms with Crippen molar-refractivity contribution in [1.29, 1.82) is 0 Å². The van der Waals surface area contributed by atoms with Gasteiger partial charge in [-0.15, -0.1) is 0 Å². The van der Waals surface area contributed by atoms with E-state index in [9.17, 15) is 9.18 Å². The average Bonchev–Trinajstić information content (AvgIpc) is 3.10. The van der Waals surface area contributed by atoms with Crippen molar-refractivity contribution in [3.8, 4) is 5.75 Å². The second-order valence-corrected chi connectivity index (χ2v) is 10.6. The van der Waals surface area contributed by atoms with E-state index < -0.39 is 0 Å². The Balaban J connectivity index is 1.53. The van der Waals surface area contributed by atoms with Crippen LogP contribution < -0.4 is 10.1 Å². The summed E-state index contributed by atoms with van der Waals surface area (Å²) in [6, 6.07) is 15.3. The van der Waals surface area contributed by atoms with Crippen LogP contribution >= 0.6 is 73.5 Å². The lowest BCUT2D eigenvalue weighted by Crippen LogP contribution is -2.19. The molecule has 0 atom stereocenters. The van der Waals surface area contributed by atoms with Gasteiger partial charge in [0.1, 0.15) is 18.2 Å². The topological polar surface area (TPSA) is 50.7 Å². The average molecular weight is 678 g/mol. The molecule has 0 aromatic heterocycles. The lowest BCUT2D eigenvalue weighted by atomic mass is 10.2. The van der Waals surface area contributed by atoms with Gasteiger partial charge < -0.3 is 10.1 Å². The number of carbonyl (C=O) groups excluding carboxylic acids is 1. The highest BCUT2D eigenvalue weighted by Gasteiger charge is 2.24. The molecule has 0 aliphatic carbocycles. The first-order chi connectivity index (χ1) is 15.8. The molecular weight excluding hydrogens is 665 g/mol. The van der Waals surface area contributed by atoms with Gasteiger partial charge in [0.15, 0.2) is 5.17 Å². The first-order valence-corrected chi connectivity index (χ1v) is 12.8. The maximum atomic E-state index is 13.9. The molecule has 3 aromatic rings. The van der Waals surface area contributed by atoms with Gasteiger partial charge in [-0.05, 0) is 92.3 Å². The summed E-state index contributed by atoms with van der Waals surface area (Å²) in [5, 5.41) is 3.86. The fourth-order valence-corrected chi connectivity index (χ4v) is 5.83. The molecule has 1 N–H and O–H groups in total. The van der Waals surface area contributed by atoms with Crippen molar-refractivity contribution in [3.05, 3.63) is 94.5 Å². The minimum Gasteiger partial charge on any atom is -0.486 e. The first-order valence-electron chi connectivity index (χ1n) is 9.40. The highest BCUT2D eigenvalue weighted by Crippen LogP contribution is 2.36. The van der Waals surface area contributed by atoms with Crippen molar-refractivity contribution >= 4 is 96.3 Å². The molecule has 0 bridgehead atoms. The molecule has 1 aliphatic heterocycles. The van der Waals surface area contributed by atoms with Crippen molar-refractivity contribution in [2.75, 3.05) is 0 Å². The Morgan fingerprint density at radius 1 is 1.18 bits per heavy atom. The van der Waals surface area contributed by atoms with Gasteiger partial charge in [-0.1, -0.05) is 47.5 Å². The molecule has 1 amide bonds. The zero-order valence-corrected chi connectivity index (χ0v) is 22.6. The van der Waals surface area contributed by atoms with Crippen molar-refractivity contribution in [1.82, 2.24) is 5.32 Å². The van der Waals surface area contributed by atoms with Gasteiger partial charge >= 0.3 is 0 Å². The standard InChI is InChI=1S/C23H13BrCl2FIN2O2S/c24-14-8-12(9-17(28)21(14)32-11-13-4-1-2-6-16(13)27)10-19-22(31)30-23(33-19)29-18-7-3-5-15(25)20(18)26/h1-10H,11H2,(H,29,30,31)/b19-10-. The van der Waals surface area contributed by atoms with Gasteiger partial charge in [-0.3, -0.25) is 4.79 Å². The number of carbonyl (C=O) groups is 1. The van der Waals surface area contributed by atoms with Crippen LogP contribution in [-0.2, 0) is 11.4 Å². The summed E-state index contributed by atoms with van der Waals surface area (Å²) in [6.45, 7) is 0.103. The summed E-state index contributed by atoms with van der Waals surface area (Å²) in [5.41, 5.74) is 1.74. The summed E-state index contributed by atoms with van der Waals surface area (Å²) < 4.78 is 21.2. The number of thioether (sulfide) groups is 1. The number of hydrogen-bond donors (Lipinski definition) is 1. The van der Waals surface area contributed by atoms with Crippen molar-refractivity contribution in [2.24, 2.45) is 4.99 Å². The van der Waals surface area contributed by atoms with E-state index in [2.05, 4.69) is 48.8 Å². The number of aliphatic imine (C=N–C) groups is 1. The Hall–Kier alpha value is -1.59. The van der Waals surface area contributed by atoms with E-state index in [1.165, 1.54) is 17.8 Å². The second kappa shape index (κ2) is 10.8. The number of benzene rings is 3. The molecule has 10 heteroatoms. The molecule has 4 rings (SSSR count). The summed E-state index contributed by atoms with van der Waals surface area (Å²) in [6.07, 6.45) is 1.76. The maximum absolute atomic E-state index is 13.9. The predicted octanol–water partition coefficient (Wildman–Crippen LogP) is 7.97. The largest absolute Gasteiger partial charge is 0.486 e. The Labute approximate surface area is 225 Å². The van der Waals surface area contributed by atoms with Crippen LogP contribution in [0.25, 0.3) is 6.08 Å². The molecule has 0 radical (unpaired) electrons. The molecule has 168 valence electrons. The Morgan fingerprint density at radius 3 is 2.73 bits per heavy atom. The van der Waals surface area contributed by atoms with Crippen molar-refractivity contribution in [3.63, 3.8) is 0 Å². The Kier molecular flexibility index (Phi) is 8.01. The van der Waals surface area contributed by atoms with E-state index in [1.807, 2.05) is 12.1 Å². The van der Waals surface area contributed by atoms with Crippen LogP contribution in [-0.4, -0.2) is 11.1 Å². The molecule has 4 nitrogen and oxygen atoms in total. The monoisotopic (exact) mass is 676 g/mol. The SMILES string of the molecule is O=C1NC(=Nc2cccc(Cl)c2Cl)S/C1=C\c1cc(Br)c(OCc2ccccc2F)c(I)c1. The van der Waals surface area contributed by atoms with Crippen LogP contribution in [0.5, 0.6) is 5.75 Å². The smallest absolute Gasteiger partial charge is 0.264 e. The van der Waals surface area contributed by atoms with Gasteiger partial charge in [-0.25, -0.2) is 9.38 Å². The van der Waals surface area contributed by atoms with Gasteiger partial charge in [0.2, 0.25) is 0 Å². The van der Waals surface area contributed by atoms with E-state index in [1.54, 1.807) is 42.5 Å². The lowest BCUT2D eigenvalue weighted by Gasteiger charge is -2.12. The molecule has 3 aromatic carbocycles. The van der Waals surface area contributed by atoms with Crippen LogP contribution in [0.4, 0.5) is 10.1 Å². The number of nitrogens with zero attached hydrogens (tertiary/aromatic N) is 1. The number of hydrogen-bond acceptors (Lipinski definition) is 4. The molecule has 0 unspecified atom stereocenters. The quantitative estimate of drug-likeness (QED) is 0.220. The van der Waals surface area contributed by atoms with Gasteiger partial charge in [0.05, 0.1) is 28.7 Å². The van der Waals surface area contributed by atoms with E-state index in [0.29, 0.717) is 41.6 Å². The van der Waals surface area contributed by atoms with Crippen LogP contribution in [0.1, 0.15) is 11.1 Å².